The maximum Gasteiger partial charge on any atom is 0.323 e. The lowest BCUT2D eigenvalue weighted by atomic mass is 9.83. The molecule has 1 aromatic carbocycles. The number of hydrogen-bond donors (Lipinski definition) is 2. The number of rotatable bonds is 10. The highest BCUT2D eigenvalue weighted by atomic mass is 16.6. The van der Waals surface area contributed by atoms with Gasteiger partial charge in [-0.3, -0.25) is 19.9 Å². The molecular formula is C27H43N3O4. The summed E-state index contributed by atoms with van der Waals surface area (Å²) in [5, 5.41) is 11.4. The van der Waals surface area contributed by atoms with Crippen LogP contribution >= 0.6 is 0 Å². The molecule has 0 aliphatic carbocycles. The first kappa shape index (κ1) is 27.8. The molecule has 5 unspecified atom stereocenters. The highest BCUT2D eigenvalue weighted by molar-refractivity contribution is 5.81. The molecule has 0 saturated carbocycles. The highest BCUT2D eigenvalue weighted by Gasteiger charge is 2.46. The molecule has 0 aromatic heterocycles. The Hall–Kier alpha value is -2.41. The van der Waals surface area contributed by atoms with E-state index in [4.69, 9.17) is 14.9 Å². The van der Waals surface area contributed by atoms with E-state index >= 15 is 0 Å². The number of nitrogens with one attached hydrogen (secondary N) is 2. The minimum absolute atomic E-state index is 0.0172. The summed E-state index contributed by atoms with van der Waals surface area (Å²) in [6, 6.07) is 9.70. The smallest absolute Gasteiger partial charge is 0.323 e. The quantitative estimate of drug-likeness (QED) is 0.302. The van der Waals surface area contributed by atoms with Crippen molar-refractivity contribution in [3.8, 4) is 0 Å². The average Bonchev–Trinajstić information content (AvgIpc) is 3.20. The normalized spacial score (nSPS) is 21.4. The predicted octanol–water partition coefficient (Wildman–Crippen LogP) is 4.19. The monoisotopic (exact) mass is 473 g/mol. The summed E-state index contributed by atoms with van der Waals surface area (Å²) in [5.74, 6) is -0.194. The van der Waals surface area contributed by atoms with Gasteiger partial charge in [-0.2, -0.15) is 0 Å². The first-order valence-corrected chi connectivity index (χ1v) is 12.4. The fraction of sp³-hybridized carbons (Fsp3) is 0.667. The van der Waals surface area contributed by atoms with Gasteiger partial charge in [-0.25, -0.2) is 0 Å². The maximum atomic E-state index is 13.4. The van der Waals surface area contributed by atoms with Crippen molar-refractivity contribution < 1.29 is 19.1 Å². The van der Waals surface area contributed by atoms with Crippen molar-refractivity contribution in [2.75, 3.05) is 13.7 Å². The second-order valence-electron chi connectivity index (χ2n) is 10.4. The highest BCUT2D eigenvalue weighted by Crippen LogP contribution is 2.34. The molecule has 0 spiro atoms. The number of carbonyl (C=O) groups excluding carboxylic acids is 2. The molecule has 0 bridgehead atoms. The van der Waals surface area contributed by atoms with Crippen molar-refractivity contribution >= 4 is 17.8 Å². The fourth-order valence-corrected chi connectivity index (χ4v) is 5.09. The molecule has 1 aliphatic heterocycles. The minimum Gasteiger partial charge on any atom is -0.484 e. The Labute approximate surface area is 205 Å². The molecule has 0 radical (unpaired) electrons. The number of methoxy groups -OCH3 is 1. The van der Waals surface area contributed by atoms with Crippen molar-refractivity contribution in [3.63, 3.8) is 0 Å². The standard InChI is InChI=1S/C27H43N3O4/c1-8-12-22(18(2)29-19(3)31)23(15-20-13-10-9-11-14-20)30-17-21(25(28)33-7)16-24(30)26(32)34-27(4,5)6/h9-11,13-14,18,21-24,28H,8,12,15-17H2,1-7H3,(H,29,31). The van der Waals surface area contributed by atoms with Crippen LogP contribution in [0.25, 0.3) is 0 Å². The Morgan fingerprint density at radius 3 is 2.41 bits per heavy atom. The van der Waals surface area contributed by atoms with E-state index in [1.165, 1.54) is 12.7 Å². The minimum atomic E-state index is -0.600. The Morgan fingerprint density at radius 2 is 1.88 bits per heavy atom. The molecule has 1 heterocycles. The first-order valence-electron chi connectivity index (χ1n) is 12.4. The van der Waals surface area contributed by atoms with E-state index < -0.39 is 11.6 Å². The fourth-order valence-electron chi connectivity index (χ4n) is 5.09. The van der Waals surface area contributed by atoms with E-state index in [2.05, 4.69) is 29.3 Å². The third kappa shape index (κ3) is 7.83. The van der Waals surface area contributed by atoms with Gasteiger partial charge < -0.3 is 14.8 Å². The van der Waals surface area contributed by atoms with Crippen LogP contribution < -0.4 is 5.32 Å². The largest absolute Gasteiger partial charge is 0.484 e. The van der Waals surface area contributed by atoms with Gasteiger partial charge in [0.15, 0.2) is 5.90 Å². The first-order chi connectivity index (χ1) is 16.0. The second-order valence-corrected chi connectivity index (χ2v) is 10.4. The molecule has 5 atom stereocenters. The number of amides is 1. The summed E-state index contributed by atoms with van der Waals surface area (Å²) in [6.45, 7) is 11.9. The predicted molar refractivity (Wildman–Crippen MR) is 135 cm³/mol. The van der Waals surface area contributed by atoms with Gasteiger partial charge in [0, 0.05) is 31.5 Å². The Morgan fingerprint density at radius 1 is 1.24 bits per heavy atom. The number of likely N-dealkylation sites (tertiary alicyclic amines) is 1. The van der Waals surface area contributed by atoms with Gasteiger partial charge in [0.05, 0.1) is 7.11 Å². The van der Waals surface area contributed by atoms with Gasteiger partial charge in [0.1, 0.15) is 11.6 Å². The second kappa shape index (κ2) is 12.3. The van der Waals surface area contributed by atoms with E-state index in [9.17, 15) is 9.59 Å². The zero-order valence-corrected chi connectivity index (χ0v) is 21.9. The van der Waals surface area contributed by atoms with Gasteiger partial charge in [0.25, 0.3) is 0 Å². The summed E-state index contributed by atoms with van der Waals surface area (Å²) < 4.78 is 11.1. The van der Waals surface area contributed by atoms with Gasteiger partial charge in [0.2, 0.25) is 5.91 Å². The summed E-state index contributed by atoms with van der Waals surface area (Å²) in [4.78, 5) is 27.5. The number of ether oxygens (including phenoxy) is 2. The molecule has 1 aliphatic rings. The van der Waals surface area contributed by atoms with Crippen molar-refractivity contribution in [2.45, 2.75) is 91.0 Å². The van der Waals surface area contributed by atoms with E-state index in [1.54, 1.807) is 6.92 Å². The molecule has 2 N–H and O–H groups in total. The van der Waals surface area contributed by atoms with Crippen LogP contribution in [-0.4, -0.2) is 60.1 Å². The van der Waals surface area contributed by atoms with E-state index in [1.807, 2.05) is 45.9 Å². The zero-order valence-electron chi connectivity index (χ0n) is 21.9. The molecule has 1 aromatic rings. The molecule has 7 heteroatoms. The number of nitrogens with zero attached hydrogens (tertiary/aromatic N) is 1. The van der Waals surface area contributed by atoms with Crippen molar-refractivity contribution in [1.82, 2.24) is 10.2 Å². The molecular weight excluding hydrogens is 430 g/mol. The third-order valence-corrected chi connectivity index (χ3v) is 6.51. The van der Waals surface area contributed by atoms with E-state index in [0.29, 0.717) is 13.0 Å². The summed E-state index contributed by atoms with van der Waals surface area (Å²) in [5.41, 5.74) is 0.577. The third-order valence-electron chi connectivity index (χ3n) is 6.51. The van der Waals surface area contributed by atoms with Crippen LogP contribution in [0.5, 0.6) is 0 Å². The summed E-state index contributed by atoms with van der Waals surface area (Å²) in [6.07, 6.45) is 3.09. The van der Waals surface area contributed by atoms with Crippen LogP contribution in [0.2, 0.25) is 0 Å². The molecule has 1 saturated heterocycles. The molecule has 1 fully saturated rings. The van der Waals surface area contributed by atoms with Crippen LogP contribution in [0.3, 0.4) is 0 Å². The topological polar surface area (TPSA) is 91.7 Å². The zero-order chi connectivity index (χ0) is 25.5. The molecule has 7 nitrogen and oxygen atoms in total. The summed E-state index contributed by atoms with van der Waals surface area (Å²) >= 11 is 0. The number of carbonyl (C=O) groups is 2. The van der Waals surface area contributed by atoms with Crippen molar-refractivity contribution in [2.24, 2.45) is 11.8 Å². The number of benzene rings is 1. The maximum absolute atomic E-state index is 13.4. The van der Waals surface area contributed by atoms with Gasteiger partial charge in [-0.1, -0.05) is 43.7 Å². The SMILES string of the molecule is CCCC(C(C)NC(C)=O)C(Cc1ccccc1)N1CC(C(=N)OC)CC1C(=O)OC(C)(C)C. The molecule has 190 valence electrons. The Bertz CT molecular complexity index is 821. The van der Waals surface area contributed by atoms with Crippen molar-refractivity contribution in [3.05, 3.63) is 35.9 Å². The van der Waals surface area contributed by atoms with Crippen LogP contribution in [0.15, 0.2) is 30.3 Å². The van der Waals surface area contributed by atoms with Crippen LogP contribution in [0.1, 0.15) is 66.4 Å². The van der Waals surface area contributed by atoms with E-state index in [0.717, 1.165) is 19.3 Å². The molecule has 2 rings (SSSR count). The average molecular weight is 474 g/mol. The number of esters is 1. The van der Waals surface area contributed by atoms with Gasteiger partial charge in [-0.05, 0) is 58.4 Å². The molecule has 1 amide bonds. The van der Waals surface area contributed by atoms with Gasteiger partial charge in [-0.15, -0.1) is 0 Å². The summed E-state index contributed by atoms with van der Waals surface area (Å²) in [7, 11) is 1.51. The lowest BCUT2D eigenvalue weighted by Gasteiger charge is -2.41. The number of hydrogen-bond acceptors (Lipinski definition) is 6. The Balaban J connectivity index is 2.50. The lowest BCUT2D eigenvalue weighted by Crippen LogP contribution is -2.54. The molecule has 34 heavy (non-hydrogen) atoms. The Kier molecular flexibility index (Phi) is 10.1. The van der Waals surface area contributed by atoms with Crippen molar-refractivity contribution in [1.29, 1.82) is 5.41 Å². The van der Waals surface area contributed by atoms with Crippen LogP contribution in [0.4, 0.5) is 0 Å². The van der Waals surface area contributed by atoms with Gasteiger partial charge >= 0.3 is 5.97 Å². The van der Waals surface area contributed by atoms with E-state index in [-0.39, 0.29) is 41.7 Å². The lowest BCUT2D eigenvalue weighted by molar-refractivity contribution is -0.161. The van der Waals surface area contributed by atoms with Crippen LogP contribution in [-0.2, 0) is 25.5 Å². The van der Waals surface area contributed by atoms with Crippen LogP contribution in [0, 0.1) is 17.2 Å².